The molecule has 0 bridgehead atoms. The molecule has 14 heavy (non-hydrogen) atoms. The van der Waals surface area contributed by atoms with Crippen LogP contribution < -0.4 is 5.32 Å². The van der Waals surface area contributed by atoms with Gasteiger partial charge in [-0.2, -0.15) is 0 Å². The maximum atomic E-state index is 4.21. The lowest BCUT2D eigenvalue weighted by Gasteiger charge is -2.04. The number of rotatable bonds is 3. The minimum Gasteiger partial charge on any atom is -0.365 e. The molecule has 0 saturated heterocycles. The van der Waals surface area contributed by atoms with Gasteiger partial charge < -0.3 is 10.3 Å². The maximum absolute atomic E-state index is 4.21. The van der Waals surface area contributed by atoms with Crippen LogP contribution >= 0.6 is 0 Å². The fourth-order valence-electron chi connectivity index (χ4n) is 1.30. The second kappa shape index (κ2) is 3.96. The van der Waals surface area contributed by atoms with Crippen LogP contribution in [0.2, 0.25) is 0 Å². The number of hydrogen-bond acceptors (Lipinski definition) is 2. The van der Waals surface area contributed by atoms with Crippen LogP contribution in [0.15, 0.2) is 36.7 Å². The summed E-state index contributed by atoms with van der Waals surface area (Å²) in [4.78, 5) is 7.35. The van der Waals surface area contributed by atoms with Gasteiger partial charge in [0.25, 0.3) is 0 Å². The molecule has 72 valence electrons. The van der Waals surface area contributed by atoms with Crippen molar-refractivity contribution in [1.82, 2.24) is 9.97 Å². The number of nitrogens with zero attached hydrogens (tertiary/aromatic N) is 1. The van der Waals surface area contributed by atoms with Crippen molar-refractivity contribution in [3.8, 4) is 0 Å². The molecule has 2 aromatic rings. The van der Waals surface area contributed by atoms with E-state index in [1.807, 2.05) is 36.7 Å². The first kappa shape index (κ1) is 8.81. The largest absolute Gasteiger partial charge is 0.365 e. The third kappa shape index (κ3) is 2.13. The summed E-state index contributed by atoms with van der Waals surface area (Å²) >= 11 is 0. The first-order valence-corrected chi connectivity index (χ1v) is 4.63. The number of aryl methyl sites for hydroxylation is 1. The Kier molecular flexibility index (Phi) is 2.49. The number of nitrogens with one attached hydrogen (secondary N) is 2. The molecule has 2 N–H and O–H groups in total. The van der Waals surface area contributed by atoms with Crippen LogP contribution in [0.25, 0.3) is 0 Å². The van der Waals surface area contributed by atoms with Gasteiger partial charge in [-0.3, -0.25) is 0 Å². The molecular weight excluding hydrogens is 174 g/mol. The maximum Gasteiger partial charge on any atom is 0.126 e. The van der Waals surface area contributed by atoms with Gasteiger partial charge in [-0.25, -0.2) is 4.98 Å². The quantitative estimate of drug-likeness (QED) is 0.774. The topological polar surface area (TPSA) is 40.7 Å². The summed E-state index contributed by atoms with van der Waals surface area (Å²) in [5.41, 5.74) is 2.38. The van der Waals surface area contributed by atoms with Crippen molar-refractivity contribution in [3.05, 3.63) is 47.9 Å². The van der Waals surface area contributed by atoms with E-state index in [9.17, 15) is 0 Å². The van der Waals surface area contributed by atoms with Crippen molar-refractivity contribution in [2.75, 3.05) is 5.32 Å². The predicted octanol–water partition coefficient (Wildman–Crippen LogP) is 2.33. The lowest BCUT2D eigenvalue weighted by atomic mass is 10.3. The molecule has 0 unspecified atom stereocenters. The molecule has 2 heterocycles. The van der Waals surface area contributed by atoms with Gasteiger partial charge in [-0.1, -0.05) is 0 Å². The van der Waals surface area contributed by atoms with E-state index in [1.54, 1.807) is 0 Å². The zero-order chi connectivity index (χ0) is 9.80. The van der Waals surface area contributed by atoms with Crippen molar-refractivity contribution < 1.29 is 0 Å². The van der Waals surface area contributed by atoms with E-state index < -0.39 is 0 Å². The number of pyridine rings is 1. The Morgan fingerprint density at radius 1 is 1.43 bits per heavy atom. The lowest BCUT2D eigenvalue weighted by Crippen LogP contribution is -2.01. The van der Waals surface area contributed by atoms with Crippen molar-refractivity contribution in [3.63, 3.8) is 0 Å². The molecule has 0 aliphatic carbocycles. The Labute approximate surface area is 83.2 Å². The third-order valence-electron chi connectivity index (χ3n) is 2.04. The first-order valence-electron chi connectivity index (χ1n) is 4.63. The van der Waals surface area contributed by atoms with Gasteiger partial charge in [0, 0.05) is 18.1 Å². The summed E-state index contributed by atoms with van der Waals surface area (Å²) in [5, 5.41) is 3.25. The zero-order valence-corrected chi connectivity index (χ0v) is 8.12. The molecule has 0 aromatic carbocycles. The van der Waals surface area contributed by atoms with Crippen LogP contribution in [0.1, 0.15) is 11.3 Å². The molecule has 0 spiro atoms. The number of aromatic amines is 1. The van der Waals surface area contributed by atoms with Crippen molar-refractivity contribution >= 4 is 5.82 Å². The van der Waals surface area contributed by atoms with Crippen molar-refractivity contribution in [2.24, 2.45) is 0 Å². The van der Waals surface area contributed by atoms with E-state index in [4.69, 9.17) is 0 Å². The van der Waals surface area contributed by atoms with E-state index in [0.29, 0.717) is 0 Å². The van der Waals surface area contributed by atoms with Crippen LogP contribution in [0, 0.1) is 6.92 Å². The zero-order valence-electron chi connectivity index (χ0n) is 8.12. The van der Waals surface area contributed by atoms with Gasteiger partial charge in [0.15, 0.2) is 0 Å². The fraction of sp³-hybridized carbons (Fsp3) is 0.182. The molecule has 0 atom stereocenters. The molecule has 0 radical (unpaired) electrons. The second-order valence-electron chi connectivity index (χ2n) is 3.27. The summed E-state index contributed by atoms with van der Waals surface area (Å²) in [6.07, 6.45) is 3.73. The van der Waals surface area contributed by atoms with E-state index in [0.717, 1.165) is 18.1 Å². The molecule has 2 aromatic heterocycles. The molecule has 0 aliphatic heterocycles. The molecule has 0 fully saturated rings. The van der Waals surface area contributed by atoms with Crippen LogP contribution in [-0.4, -0.2) is 9.97 Å². The second-order valence-corrected chi connectivity index (χ2v) is 3.27. The molecule has 0 saturated carbocycles. The Hall–Kier alpha value is -1.77. The number of anilines is 1. The Bertz CT molecular complexity index is 393. The molecule has 3 heteroatoms. The molecular formula is C11H13N3. The summed E-state index contributed by atoms with van der Waals surface area (Å²) < 4.78 is 0. The monoisotopic (exact) mass is 187 g/mol. The van der Waals surface area contributed by atoms with E-state index in [2.05, 4.69) is 22.2 Å². The van der Waals surface area contributed by atoms with Crippen LogP contribution in [0.3, 0.4) is 0 Å². The van der Waals surface area contributed by atoms with Gasteiger partial charge in [-0.05, 0) is 36.8 Å². The standard InChI is InChI=1S/C11H13N3/c1-9-4-6-13-11(7-9)14-8-10-3-2-5-12-10/h2-7,12H,8H2,1H3,(H,13,14). The number of hydrogen-bond donors (Lipinski definition) is 2. The highest BCUT2D eigenvalue weighted by Gasteiger charge is 1.94. The van der Waals surface area contributed by atoms with E-state index in [1.165, 1.54) is 5.56 Å². The lowest BCUT2D eigenvalue weighted by molar-refractivity contribution is 1.05. The van der Waals surface area contributed by atoms with Gasteiger partial charge in [-0.15, -0.1) is 0 Å². The fourth-order valence-corrected chi connectivity index (χ4v) is 1.30. The Morgan fingerprint density at radius 3 is 3.07 bits per heavy atom. The number of H-pyrrole nitrogens is 1. The van der Waals surface area contributed by atoms with E-state index >= 15 is 0 Å². The van der Waals surface area contributed by atoms with Gasteiger partial charge >= 0.3 is 0 Å². The minimum atomic E-state index is 0.781. The minimum absolute atomic E-state index is 0.781. The highest BCUT2D eigenvalue weighted by Crippen LogP contribution is 2.06. The summed E-state index contributed by atoms with van der Waals surface area (Å²) in [6.45, 7) is 2.84. The third-order valence-corrected chi connectivity index (χ3v) is 2.04. The summed E-state index contributed by atoms with van der Waals surface area (Å²) in [7, 11) is 0. The van der Waals surface area contributed by atoms with Gasteiger partial charge in [0.1, 0.15) is 5.82 Å². The smallest absolute Gasteiger partial charge is 0.126 e. The Morgan fingerprint density at radius 2 is 2.36 bits per heavy atom. The van der Waals surface area contributed by atoms with Gasteiger partial charge in [0.2, 0.25) is 0 Å². The van der Waals surface area contributed by atoms with Crippen molar-refractivity contribution in [1.29, 1.82) is 0 Å². The molecule has 3 nitrogen and oxygen atoms in total. The highest BCUT2D eigenvalue weighted by atomic mass is 15.0. The average molecular weight is 187 g/mol. The summed E-state index contributed by atoms with van der Waals surface area (Å²) in [6, 6.07) is 8.05. The Balaban J connectivity index is 1.98. The molecule has 2 rings (SSSR count). The predicted molar refractivity (Wildman–Crippen MR) is 57.1 cm³/mol. The van der Waals surface area contributed by atoms with Crippen LogP contribution in [0.5, 0.6) is 0 Å². The summed E-state index contributed by atoms with van der Waals surface area (Å²) in [5.74, 6) is 0.916. The number of aromatic nitrogens is 2. The van der Waals surface area contributed by atoms with Crippen molar-refractivity contribution in [2.45, 2.75) is 13.5 Å². The SMILES string of the molecule is Cc1ccnc(NCc2ccc[nH]2)c1. The highest BCUT2D eigenvalue weighted by molar-refractivity contribution is 5.37. The average Bonchev–Trinajstić information content (AvgIpc) is 2.67. The van der Waals surface area contributed by atoms with Crippen LogP contribution in [0.4, 0.5) is 5.82 Å². The molecule has 0 aliphatic rings. The van der Waals surface area contributed by atoms with Gasteiger partial charge in [0.05, 0.1) is 6.54 Å². The first-order chi connectivity index (χ1) is 6.84. The normalized spacial score (nSPS) is 10.1. The van der Waals surface area contributed by atoms with E-state index in [-0.39, 0.29) is 0 Å². The molecule has 0 amide bonds. The van der Waals surface area contributed by atoms with Crippen LogP contribution in [-0.2, 0) is 6.54 Å².